The molecule has 96 heavy (non-hydrogen) atoms. The quantitative estimate of drug-likeness (QED) is 0.0169. The van der Waals surface area contributed by atoms with E-state index in [0.29, 0.717) is 31.6 Å². The average Bonchev–Trinajstić information content (AvgIpc) is 1.16. The van der Waals surface area contributed by atoms with Gasteiger partial charge in [-0.3, -0.25) is 37.3 Å². The lowest BCUT2D eigenvalue weighted by atomic mass is 10.0. The molecule has 0 saturated carbocycles. The first-order valence-corrected chi connectivity index (χ1v) is 42.2. The molecule has 0 aliphatic heterocycles. The van der Waals surface area contributed by atoms with Crippen molar-refractivity contribution in [2.24, 2.45) is 17.8 Å². The molecule has 0 radical (unpaired) electrons. The Balaban J connectivity index is 5.29. The standard InChI is InChI=1S/C77H146O17P2/c1-8-9-10-11-12-13-14-15-16-20-25-30-37-44-51-58-74(79)87-64-72(93-76(81)60-53-46-38-31-26-21-18-17-19-23-28-34-41-48-55-68(2)3)66-91-95(83,84)89-62-71(78)63-90-96(85,86)92-67-73(65-88-75(80)59-52-45-40-33-36-43-50-57-70(6)7)94-77(82)61-54-47-39-32-27-22-24-29-35-42-49-56-69(4)5/h13-16,68-73,78H,8-12,17-67H2,1-7H3,(H,83,84)(H,85,86)/b14-13-,16-15-/t71?,72-,73-/m1/s1. The summed E-state index contributed by atoms with van der Waals surface area (Å²) in [7, 11) is -9.93. The zero-order valence-electron chi connectivity index (χ0n) is 62.3. The van der Waals surface area contributed by atoms with Gasteiger partial charge in [-0.05, 0) is 69.1 Å². The van der Waals surface area contributed by atoms with Crippen molar-refractivity contribution in [3.63, 3.8) is 0 Å². The van der Waals surface area contributed by atoms with Gasteiger partial charge in [0.2, 0.25) is 0 Å². The molecular formula is C77H146O17P2. The molecule has 0 heterocycles. The average molecular weight is 1410 g/mol. The topological polar surface area (TPSA) is 237 Å². The molecule has 0 aliphatic carbocycles. The van der Waals surface area contributed by atoms with Gasteiger partial charge in [-0.15, -0.1) is 0 Å². The van der Waals surface area contributed by atoms with Crippen LogP contribution >= 0.6 is 15.6 Å². The van der Waals surface area contributed by atoms with Crippen LogP contribution in [0.3, 0.4) is 0 Å². The Labute approximate surface area is 586 Å². The highest BCUT2D eigenvalue weighted by molar-refractivity contribution is 7.47. The molecule has 0 bridgehead atoms. The van der Waals surface area contributed by atoms with Gasteiger partial charge in [-0.25, -0.2) is 9.13 Å². The van der Waals surface area contributed by atoms with Crippen molar-refractivity contribution in [2.45, 2.75) is 388 Å². The number of phosphoric ester groups is 2. The molecule has 3 unspecified atom stereocenters. The molecule has 0 saturated heterocycles. The Morgan fingerprint density at radius 3 is 0.844 bits per heavy atom. The summed E-state index contributed by atoms with van der Waals surface area (Å²) in [4.78, 5) is 72.8. The summed E-state index contributed by atoms with van der Waals surface area (Å²) in [5.41, 5.74) is 0. The van der Waals surface area contributed by atoms with Crippen LogP contribution in [-0.2, 0) is 65.4 Å². The molecular weight excluding hydrogens is 1260 g/mol. The summed E-state index contributed by atoms with van der Waals surface area (Å²) in [6.45, 7) is 11.8. The fourth-order valence-corrected chi connectivity index (χ4v) is 12.8. The van der Waals surface area contributed by atoms with Crippen molar-refractivity contribution in [1.82, 2.24) is 0 Å². The van der Waals surface area contributed by atoms with Gasteiger partial charge in [0.25, 0.3) is 0 Å². The molecule has 0 aliphatic rings. The summed E-state index contributed by atoms with van der Waals surface area (Å²) in [6.07, 6.45) is 56.3. The monoisotopic (exact) mass is 1410 g/mol. The SMILES string of the molecule is CCCCCC/C=C\C=C/CCCCCCCC(=O)OC[C@H](COP(=O)(O)OCC(O)COP(=O)(O)OC[C@@H](COC(=O)CCCCCCCCCC(C)C)OC(=O)CCCCCCCCCCCCCC(C)C)OC(=O)CCCCCCCCCCCCCCCCC(C)C. The molecule has 566 valence electrons. The molecule has 19 heteroatoms. The summed E-state index contributed by atoms with van der Waals surface area (Å²) >= 11 is 0. The number of unbranched alkanes of at least 4 members (excludes halogenated alkanes) is 38. The molecule has 0 aromatic rings. The minimum absolute atomic E-state index is 0.100. The van der Waals surface area contributed by atoms with Gasteiger partial charge in [0.15, 0.2) is 12.2 Å². The zero-order chi connectivity index (χ0) is 70.9. The van der Waals surface area contributed by atoms with Gasteiger partial charge in [-0.1, -0.05) is 317 Å². The van der Waals surface area contributed by atoms with Crippen molar-refractivity contribution in [3.8, 4) is 0 Å². The number of allylic oxidation sites excluding steroid dienone is 4. The number of ether oxygens (including phenoxy) is 4. The Morgan fingerprint density at radius 1 is 0.323 bits per heavy atom. The highest BCUT2D eigenvalue weighted by Crippen LogP contribution is 2.45. The maximum Gasteiger partial charge on any atom is 0.472 e. The number of hydrogen-bond acceptors (Lipinski definition) is 15. The lowest BCUT2D eigenvalue weighted by Gasteiger charge is -2.21. The zero-order valence-corrected chi connectivity index (χ0v) is 64.1. The van der Waals surface area contributed by atoms with Crippen molar-refractivity contribution in [3.05, 3.63) is 24.3 Å². The van der Waals surface area contributed by atoms with Gasteiger partial charge in [0.05, 0.1) is 26.4 Å². The second kappa shape index (κ2) is 67.1. The van der Waals surface area contributed by atoms with Crippen molar-refractivity contribution >= 4 is 39.5 Å². The smallest absolute Gasteiger partial charge is 0.462 e. The van der Waals surface area contributed by atoms with Crippen LogP contribution in [0.25, 0.3) is 0 Å². The molecule has 5 atom stereocenters. The van der Waals surface area contributed by atoms with Crippen molar-refractivity contribution in [1.29, 1.82) is 0 Å². The Bertz CT molecular complexity index is 1960. The summed E-state index contributed by atoms with van der Waals surface area (Å²) in [5, 5.41) is 10.6. The van der Waals surface area contributed by atoms with E-state index in [1.807, 2.05) is 0 Å². The van der Waals surface area contributed by atoms with E-state index in [2.05, 4.69) is 72.8 Å². The predicted molar refractivity (Wildman–Crippen MR) is 390 cm³/mol. The van der Waals surface area contributed by atoms with Crippen LogP contribution in [0, 0.1) is 17.8 Å². The van der Waals surface area contributed by atoms with Crippen molar-refractivity contribution < 1.29 is 80.2 Å². The van der Waals surface area contributed by atoms with Crippen LogP contribution in [0.5, 0.6) is 0 Å². The van der Waals surface area contributed by atoms with Crippen LogP contribution in [-0.4, -0.2) is 96.7 Å². The number of carbonyl (C=O) groups is 4. The van der Waals surface area contributed by atoms with Crippen LogP contribution in [0.4, 0.5) is 0 Å². The summed E-state index contributed by atoms with van der Waals surface area (Å²) in [5.74, 6) is 0.113. The summed E-state index contributed by atoms with van der Waals surface area (Å²) < 4.78 is 68.5. The lowest BCUT2D eigenvalue weighted by Crippen LogP contribution is -2.30. The number of phosphoric acid groups is 2. The van der Waals surface area contributed by atoms with E-state index < -0.39 is 97.5 Å². The first kappa shape index (κ1) is 93.5. The second-order valence-corrected chi connectivity index (χ2v) is 31.4. The highest BCUT2D eigenvalue weighted by Gasteiger charge is 2.30. The first-order chi connectivity index (χ1) is 46.2. The second-order valence-electron chi connectivity index (χ2n) is 28.5. The number of aliphatic hydroxyl groups is 1. The third-order valence-electron chi connectivity index (χ3n) is 17.3. The molecule has 0 spiro atoms. The number of esters is 4. The Hall–Kier alpha value is -2.46. The van der Waals surface area contributed by atoms with Crippen LogP contribution < -0.4 is 0 Å². The maximum absolute atomic E-state index is 13.1. The minimum atomic E-state index is -4.97. The van der Waals surface area contributed by atoms with Gasteiger partial charge in [0.1, 0.15) is 19.3 Å². The van der Waals surface area contributed by atoms with Gasteiger partial charge in [-0.2, -0.15) is 0 Å². The van der Waals surface area contributed by atoms with Gasteiger partial charge >= 0.3 is 39.5 Å². The lowest BCUT2D eigenvalue weighted by molar-refractivity contribution is -0.161. The number of hydrogen-bond donors (Lipinski definition) is 3. The third-order valence-corrected chi connectivity index (χ3v) is 19.2. The van der Waals surface area contributed by atoms with E-state index in [9.17, 15) is 43.2 Å². The maximum atomic E-state index is 13.1. The minimum Gasteiger partial charge on any atom is -0.462 e. The van der Waals surface area contributed by atoms with E-state index in [1.165, 1.54) is 154 Å². The molecule has 17 nitrogen and oxygen atoms in total. The van der Waals surface area contributed by atoms with Crippen LogP contribution in [0.1, 0.15) is 370 Å². The number of rotatable bonds is 73. The van der Waals surface area contributed by atoms with E-state index in [-0.39, 0.29) is 25.7 Å². The normalized spacial score (nSPS) is 14.2. The largest absolute Gasteiger partial charge is 0.472 e. The van der Waals surface area contributed by atoms with E-state index in [1.54, 1.807) is 0 Å². The molecule has 0 rings (SSSR count). The molecule has 0 aromatic heterocycles. The summed E-state index contributed by atoms with van der Waals surface area (Å²) in [6, 6.07) is 0. The van der Waals surface area contributed by atoms with E-state index >= 15 is 0 Å². The van der Waals surface area contributed by atoms with Crippen molar-refractivity contribution in [2.75, 3.05) is 39.6 Å². The molecule has 0 fully saturated rings. The number of carbonyl (C=O) groups excluding carboxylic acids is 4. The first-order valence-electron chi connectivity index (χ1n) is 39.2. The number of aliphatic hydroxyl groups excluding tert-OH is 1. The molecule has 3 N–H and O–H groups in total. The third kappa shape index (κ3) is 70.0. The van der Waals surface area contributed by atoms with Gasteiger partial charge < -0.3 is 33.8 Å². The van der Waals surface area contributed by atoms with Gasteiger partial charge in [0, 0.05) is 25.7 Å². The van der Waals surface area contributed by atoms with Crippen LogP contribution in [0.15, 0.2) is 24.3 Å². The van der Waals surface area contributed by atoms with Crippen LogP contribution in [0.2, 0.25) is 0 Å². The molecule has 0 aromatic carbocycles. The van der Waals surface area contributed by atoms with E-state index in [0.717, 1.165) is 127 Å². The fraction of sp³-hybridized carbons (Fsp3) is 0.896. The highest BCUT2D eigenvalue weighted by atomic mass is 31.2. The Morgan fingerprint density at radius 2 is 0.562 bits per heavy atom. The van der Waals surface area contributed by atoms with E-state index in [4.69, 9.17) is 37.0 Å². The predicted octanol–water partition coefficient (Wildman–Crippen LogP) is 22.1. The fourth-order valence-electron chi connectivity index (χ4n) is 11.2. The molecule has 0 amide bonds. The Kier molecular flexibility index (Phi) is 65.3.